The largest absolute Gasteiger partial charge is 0.388 e. The van der Waals surface area contributed by atoms with Crippen LogP contribution in [0.4, 0.5) is 5.82 Å². The Hall–Kier alpha value is -3.16. The third kappa shape index (κ3) is 4.26. The fourth-order valence-corrected chi connectivity index (χ4v) is 3.51. The van der Waals surface area contributed by atoms with Crippen molar-refractivity contribution < 1.29 is 19.4 Å². The molecule has 3 aromatic heterocycles. The number of likely N-dealkylation sites (N-methyl/N-ethyl adjacent to an activating group) is 1. The molecule has 1 aliphatic rings. The van der Waals surface area contributed by atoms with Crippen LogP contribution < -0.4 is 10.6 Å². The second-order valence-corrected chi connectivity index (χ2v) is 7.45. The lowest BCUT2D eigenvalue weighted by Gasteiger charge is -2.17. The third-order valence-corrected chi connectivity index (χ3v) is 5.16. The van der Waals surface area contributed by atoms with Gasteiger partial charge in [-0.1, -0.05) is 12.1 Å². The molecule has 172 valence electrons. The fourth-order valence-electron chi connectivity index (χ4n) is 3.51. The van der Waals surface area contributed by atoms with Gasteiger partial charge in [-0.2, -0.15) is 14.6 Å². The molecule has 0 bridgehead atoms. The minimum Gasteiger partial charge on any atom is -0.388 e. The molecule has 3 aromatic rings. The number of hydrogen-bond donors (Lipinski definition) is 3. The zero-order valence-corrected chi connectivity index (χ0v) is 18.2. The molecule has 4 heterocycles. The van der Waals surface area contributed by atoms with Crippen LogP contribution in [0.1, 0.15) is 31.7 Å². The second-order valence-electron chi connectivity index (χ2n) is 7.45. The first-order chi connectivity index (χ1) is 15.5. The molecule has 0 radical (unpaired) electrons. The number of amides is 1. The zero-order valence-electron chi connectivity index (χ0n) is 18.2. The van der Waals surface area contributed by atoms with E-state index in [1.165, 1.54) is 18.1 Å². The molecule has 1 amide bonds. The zero-order chi connectivity index (χ0) is 22.7. The van der Waals surface area contributed by atoms with Crippen molar-refractivity contribution in [1.82, 2.24) is 39.8 Å². The molecule has 13 heteroatoms. The summed E-state index contributed by atoms with van der Waals surface area (Å²) in [6.45, 7) is 3.26. The molecule has 13 nitrogen and oxygen atoms in total. The molecule has 3 atom stereocenters. The molecule has 4 rings (SSSR count). The smallest absolute Gasteiger partial charge is 0.256 e. The molecule has 1 saturated heterocycles. The summed E-state index contributed by atoms with van der Waals surface area (Å²) in [4.78, 5) is 25.6. The van der Waals surface area contributed by atoms with Gasteiger partial charge in [0.05, 0.1) is 24.8 Å². The number of aromatic nitrogens is 7. The Labute approximate surface area is 184 Å². The first-order valence-corrected chi connectivity index (χ1v) is 10.5. The van der Waals surface area contributed by atoms with Crippen molar-refractivity contribution in [2.75, 3.05) is 32.6 Å². The topological polar surface area (TPSA) is 154 Å². The van der Waals surface area contributed by atoms with Gasteiger partial charge < -0.3 is 25.2 Å². The number of methoxy groups -OCH3 is 1. The van der Waals surface area contributed by atoms with E-state index in [4.69, 9.17) is 9.47 Å². The van der Waals surface area contributed by atoms with Gasteiger partial charge in [-0.05, 0) is 6.42 Å². The summed E-state index contributed by atoms with van der Waals surface area (Å²) in [7, 11) is 3.16. The van der Waals surface area contributed by atoms with Crippen LogP contribution in [0.3, 0.4) is 0 Å². The summed E-state index contributed by atoms with van der Waals surface area (Å²) >= 11 is 0. The number of nitrogens with one attached hydrogen (secondary N) is 2. The molecule has 0 aliphatic carbocycles. The molecule has 0 aromatic carbocycles. The highest BCUT2D eigenvalue weighted by atomic mass is 16.5. The SMILES string of the molecule is CCCNc1nc(-n2cc(CCOC)nn2)nc2c1ncn2C1O[C@H](C(=O)NC)C[C@H]1O. The van der Waals surface area contributed by atoms with Crippen LogP contribution in [0.25, 0.3) is 17.1 Å². The molecule has 1 unspecified atom stereocenters. The Morgan fingerprint density at radius 2 is 2.25 bits per heavy atom. The summed E-state index contributed by atoms with van der Waals surface area (Å²) < 4.78 is 14.0. The Kier molecular flexibility index (Phi) is 6.58. The highest BCUT2D eigenvalue weighted by Crippen LogP contribution is 2.32. The lowest BCUT2D eigenvalue weighted by Crippen LogP contribution is -2.31. The second kappa shape index (κ2) is 9.54. The van der Waals surface area contributed by atoms with Crippen molar-refractivity contribution in [3.63, 3.8) is 0 Å². The normalized spacial score (nSPS) is 20.7. The van der Waals surface area contributed by atoms with Gasteiger partial charge >= 0.3 is 0 Å². The van der Waals surface area contributed by atoms with Crippen LogP contribution in [0.15, 0.2) is 12.5 Å². The molecular formula is C19H27N9O4. The Balaban J connectivity index is 1.73. The molecule has 1 aliphatic heterocycles. The number of ether oxygens (including phenoxy) is 2. The molecule has 1 fully saturated rings. The third-order valence-electron chi connectivity index (χ3n) is 5.16. The first-order valence-electron chi connectivity index (χ1n) is 10.5. The van der Waals surface area contributed by atoms with Crippen LogP contribution in [-0.4, -0.2) is 85.0 Å². The minimum atomic E-state index is -0.896. The van der Waals surface area contributed by atoms with Crippen LogP contribution in [0, 0.1) is 0 Å². The first kappa shape index (κ1) is 22.0. The minimum absolute atomic E-state index is 0.175. The van der Waals surface area contributed by atoms with Crippen molar-refractivity contribution in [3.05, 3.63) is 18.2 Å². The van der Waals surface area contributed by atoms with Crippen molar-refractivity contribution in [2.24, 2.45) is 0 Å². The van der Waals surface area contributed by atoms with Crippen LogP contribution >= 0.6 is 0 Å². The number of aliphatic hydroxyl groups excluding tert-OH is 1. The van der Waals surface area contributed by atoms with Crippen LogP contribution in [0.2, 0.25) is 0 Å². The van der Waals surface area contributed by atoms with Crippen LogP contribution in [-0.2, 0) is 20.7 Å². The number of carbonyl (C=O) groups excluding carboxylic acids is 1. The van der Waals surface area contributed by atoms with Gasteiger partial charge in [0.15, 0.2) is 23.2 Å². The summed E-state index contributed by atoms with van der Waals surface area (Å²) in [5, 5.41) is 24.7. The maximum Gasteiger partial charge on any atom is 0.256 e. The summed E-state index contributed by atoms with van der Waals surface area (Å²) in [6, 6.07) is 0. The summed E-state index contributed by atoms with van der Waals surface area (Å²) in [5.41, 5.74) is 1.72. The Morgan fingerprint density at radius 3 is 3.00 bits per heavy atom. The highest BCUT2D eigenvalue weighted by Gasteiger charge is 2.39. The van der Waals surface area contributed by atoms with E-state index in [1.54, 1.807) is 17.9 Å². The van der Waals surface area contributed by atoms with Gasteiger partial charge in [-0.15, -0.1) is 5.10 Å². The van der Waals surface area contributed by atoms with Crippen molar-refractivity contribution in [3.8, 4) is 5.95 Å². The number of nitrogens with zero attached hydrogens (tertiary/aromatic N) is 7. The lowest BCUT2D eigenvalue weighted by molar-refractivity contribution is -0.134. The van der Waals surface area contributed by atoms with E-state index >= 15 is 0 Å². The standard InChI is InChI=1S/C19H27N9O4/c1-4-6-21-15-14-16(24-19(23-15)28-9-11(25-26-28)5-7-31-3)27(10-22-14)18-12(29)8-13(32-18)17(30)20-2/h9-10,12-13,18,29H,4-8H2,1-3H3,(H,20,30)(H,21,23,24)/t12-,13+,18?/m1/s1. The van der Waals surface area contributed by atoms with E-state index in [2.05, 4.69) is 35.9 Å². The Morgan fingerprint density at radius 1 is 1.41 bits per heavy atom. The van der Waals surface area contributed by atoms with Gasteiger partial charge in [-0.25, -0.2) is 4.98 Å². The monoisotopic (exact) mass is 445 g/mol. The summed E-state index contributed by atoms with van der Waals surface area (Å²) in [6.07, 6.45) is 2.50. The number of hydrogen-bond acceptors (Lipinski definition) is 10. The van der Waals surface area contributed by atoms with E-state index in [1.807, 2.05) is 6.92 Å². The number of carbonyl (C=O) groups is 1. The molecule has 0 spiro atoms. The van der Waals surface area contributed by atoms with Crippen molar-refractivity contribution in [2.45, 2.75) is 44.6 Å². The highest BCUT2D eigenvalue weighted by molar-refractivity contribution is 5.84. The summed E-state index contributed by atoms with van der Waals surface area (Å²) in [5.74, 6) is 0.544. The van der Waals surface area contributed by atoms with Gasteiger partial charge in [0, 0.05) is 33.5 Å². The molecule has 3 N–H and O–H groups in total. The van der Waals surface area contributed by atoms with Gasteiger partial charge in [0.1, 0.15) is 12.2 Å². The Bertz CT molecular complexity index is 1080. The van der Waals surface area contributed by atoms with Gasteiger partial charge in [-0.3, -0.25) is 9.36 Å². The van der Waals surface area contributed by atoms with E-state index < -0.39 is 18.4 Å². The number of rotatable bonds is 9. The predicted octanol–water partition coefficient (Wildman–Crippen LogP) is -0.188. The van der Waals surface area contributed by atoms with Gasteiger partial charge in [0.2, 0.25) is 5.91 Å². The average Bonchev–Trinajstić information content (AvgIpc) is 3.53. The van der Waals surface area contributed by atoms with Crippen molar-refractivity contribution >= 4 is 22.9 Å². The number of fused-ring (bicyclic) bond motifs is 1. The van der Waals surface area contributed by atoms with E-state index in [0.717, 1.165) is 12.1 Å². The number of anilines is 1. The number of aliphatic hydroxyl groups is 1. The van der Waals surface area contributed by atoms with E-state index in [9.17, 15) is 9.90 Å². The molecule has 0 saturated carbocycles. The molecule has 32 heavy (non-hydrogen) atoms. The number of imidazole rings is 1. The maximum atomic E-state index is 12.0. The van der Waals surface area contributed by atoms with Crippen LogP contribution in [0.5, 0.6) is 0 Å². The lowest BCUT2D eigenvalue weighted by atomic mass is 10.2. The van der Waals surface area contributed by atoms with Crippen molar-refractivity contribution in [1.29, 1.82) is 0 Å². The average molecular weight is 445 g/mol. The molecular weight excluding hydrogens is 418 g/mol. The van der Waals surface area contributed by atoms with E-state index in [0.29, 0.717) is 42.5 Å². The van der Waals surface area contributed by atoms with Gasteiger partial charge in [0.25, 0.3) is 5.95 Å². The maximum absolute atomic E-state index is 12.0. The quantitative estimate of drug-likeness (QED) is 0.404. The fraction of sp³-hybridized carbons (Fsp3) is 0.579. The van der Waals surface area contributed by atoms with E-state index in [-0.39, 0.29) is 12.3 Å². The predicted molar refractivity (Wildman–Crippen MR) is 113 cm³/mol.